The van der Waals surface area contributed by atoms with E-state index in [-0.39, 0.29) is 5.82 Å². The Hall–Kier alpha value is -2.62. The van der Waals surface area contributed by atoms with E-state index in [1.165, 1.54) is 6.07 Å². The molecule has 0 aliphatic carbocycles. The number of hydrogen-bond donors (Lipinski definition) is 1. The topological polar surface area (TPSA) is 29.9 Å². The molecule has 0 unspecified atom stereocenters. The number of aryl methyl sites for hydroxylation is 1. The lowest BCUT2D eigenvalue weighted by molar-refractivity contribution is 0.628. The van der Waals surface area contributed by atoms with Crippen molar-refractivity contribution >= 4 is 5.82 Å². The van der Waals surface area contributed by atoms with Crippen LogP contribution in [-0.2, 0) is 6.42 Å². The lowest BCUT2D eigenvalue weighted by Gasteiger charge is -2.09. The van der Waals surface area contributed by atoms with Gasteiger partial charge in [0.1, 0.15) is 11.6 Å². The maximum Gasteiger partial charge on any atom is 0.133 e. The van der Waals surface area contributed by atoms with Gasteiger partial charge in [0, 0.05) is 17.7 Å². The van der Waals surface area contributed by atoms with Crippen LogP contribution in [-0.4, -0.2) is 16.3 Å². The molecule has 2 heterocycles. The molecule has 4 rings (SSSR count). The van der Waals surface area contributed by atoms with Crippen molar-refractivity contribution in [1.82, 2.24) is 9.78 Å². The summed E-state index contributed by atoms with van der Waals surface area (Å²) in [6, 6.07) is 14.8. The van der Waals surface area contributed by atoms with Crippen molar-refractivity contribution in [3.05, 3.63) is 65.5 Å². The number of hydrogen-bond acceptors (Lipinski definition) is 2. The molecule has 0 bridgehead atoms. The third kappa shape index (κ3) is 1.99. The molecule has 0 spiro atoms. The molecule has 2 aromatic carbocycles. The highest BCUT2D eigenvalue weighted by Crippen LogP contribution is 2.35. The second-order valence-electron chi connectivity index (χ2n) is 5.56. The number of halogens is 1. The molecular weight excluding hydrogens is 277 g/mol. The molecule has 22 heavy (non-hydrogen) atoms. The van der Waals surface area contributed by atoms with E-state index >= 15 is 0 Å². The molecule has 4 heteroatoms. The first-order chi connectivity index (χ1) is 10.7. The number of rotatable bonds is 2. The van der Waals surface area contributed by atoms with Crippen molar-refractivity contribution in [2.24, 2.45) is 0 Å². The van der Waals surface area contributed by atoms with Crippen molar-refractivity contribution < 1.29 is 4.39 Å². The fourth-order valence-corrected chi connectivity index (χ4v) is 3.02. The van der Waals surface area contributed by atoms with Crippen LogP contribution >= 0.6 is 0 Å². The summed E-state index contributed by atoms with van der Waals surface area (Å²) in [6.07, 6.45) is 0.910. The fraction of sp³-hybridized carbons (Fsp3) is 0.167. The van der Waals surface area contributed by atoms with Gasteiger partial charge in [-0.1, -0.05) is 30.3 Å². The zero-order valence-electron chi connectivity index (χ0n) is 12.3. The van der Waals surface area contributed by atoms with E-state index in [1.807, 2.05) is 22.9 Å². The maximum absolute atomic E-state index is 13.5. The number of fused-ring (bicyclic) bond motifs is 1. The SMILES string of the molecule is Cc1ccccc1-n1nc(-c2cccc(F)c2)c2c1NCC2. The Bertz CT molecular complexity index is 851. The first kappa shape index (κ1) is 13.1. The minimum absolute atomic E-state index is 0.234. The standard InChI is InChI=1S/C18H16FN3/c1-12-5-2-3-8-16(12)22-18-15(9-10-20-18)17(21-22)13-6-4-7-14(19)11-13/h2-8,11,20H,9-10H2,1H3. The molecule has 1 N–H and O–H groups in total. The zero-order chi connectivity index (χ0) is 15.1. The van der Waals surface area contributed by atoms with E-state index in [9.17, 15) is 4.39 Å². The summed E-state index contributed by atoms with van der Waals surface area (Å²) in [7, 11) is 0. The Balaban J connectivity index is 1.93. The maximum atomic E-state index is 13.5. The highest BCUT2D eigenvalue weighted by Gasteiger charge is 2.24. The van der Waals surface area contributed by atoms with Gasteiger partial charge in [0.05, 0.1) is 11.4 Å². The summed E-state index contributed by atoms with van der Waals surface area (Å²) in [6.45, 7) is 2.96. The van der Waals surface area contributed by atoms with E-state index < -0.39 is 0 Å². The molecule has 0 amide bonds. The van der Waals surface area contributed by atoms with Crippen LogP contribution < -0.4 is 5.32 Å². The molecule has 110 valence electrons. The van der Waals surface area contributed by atoms with Crippen LogP contribution in [0.3, 0.4) is 0 Å². The van der Waals surface area contributed by atoms with E-state index in [4.69, 9.17) is 5.10 Å². The third-order valence-electron chi connectivity index (χ3n) is 4.09. The average molecular weight is 293 g/mol. The smallest absolute Gasteiger partial charge is 0.133 e. The number of para-hydroxylation sites is 1. The Labute approximate surface area is 128 Å². The summed E-state index contributed by atoms with van der Waals surface area (Å²) >= 11 is 0. The third-order valence-corrected chi connectivity index (χ3v) is 4.09. The summed E-state index contributed by atoms with van der Waals surface area (Å²) in [5.74, 6) is 0.788. The molecule has 3 nitrogen and oxygen atoms in total. The molecule has 1 aliphatic rings. The van der Waals surface area contributed by atoms with Gasteiger partial charge in [-0.2, -0.15) is 5.10 Å². The summed E-state index contributed by atoms with van der Waals surface area (Å²) < 4.78 is 15.5. The van der Waals surface area contributed by atoms with Crippen molar-refractivity contribution in [3.8, 4) is 16.9 Å². The monoisotopic (exact) mass is 293 g/mol. The van der Waals surface area contributed by atoms with Crippen molar-refractivity contribution in [2.45, 2.75) is 13.3 Å². The van der Waals surface area contributed by atoms with Gasteiger partial charge in [-0.05, 0) is 37.1 Å². The molecule has 1 aromatic heterocycles. The van der Waals surface area contributed by atoms with E-state index in [0.29, 0.717) is 0 Å². The van der Waals surface area contributed by atoms with Crippen LogP contribution in [0.5, 0.6) is 0 Å². The largest absolute Gasteiger partial charge is 0.369 e. The molecule has 0 radical (unpaired) electrons. The lowest BCUT2D eigenvalue weighted by atomic mass is 10.1. The summed E-state index contributed by atoms with van der Waals surface area (Å²) in [5, 5.41) is 8.17. The second-order valence-corrected chi connectivity index (χ2v) is 5.56. The van der Waals surface area contributed by atoms with Crippen LogP contribution in [0, 0.1) is 12.7 Å². The highest BCUT2D eigenvalue weighted by atomic mass is 19.1. The van der Waals surface area contributed by atoms with Gasteiger partial charge >= 0.3 is 0 Å². The predicted octanol–water partition coefficient (Wildman–Crippen LogP) is 3.95. The van der Waals surface area contributed by atoms with E-state index in [1.54, 1.807) is 12.1 Å². The molecular formula is C18H16FN3. The van der Waals surface area contributed by atoms with Crippen LogP contribution in [0.25, 0.3) is 16.9 Å². The van der Waals surface area contributed by atoms with Gasteiger partial charge in [0.2, 0.25) is 0 Å². The minimum Gasteiger partial charge on any atom is -0.369 e. The Kier molecular flexibility index (Phi) is 2.96. The predicted molar refractivity (Wildman–Crippen MR) is 85.9 cm³/mol. The van der Waals surface area contributed by atoms with Crippen LogP contribution in [0.4, 0.5) is 10.2 Å². The molecule has 0 atom stereocenters. The number of aromatic nitrogens is 2. The van der Waals surface area contributed by atoms with Gasteiger partial charge in [-0.3, -0.25) is 0 Å². The first-order valence-corrected chi connectivity index (χ1v) is 7.42. The van der Waals surface area contributed by atoms with Gasteiger partial charge in [0.25, 0.3) is 0 Å². The van der Waals surface area contributed by atoms with Gasteiger partial charge in [-0.25, -0.2) is 9.07 Å². The number of nitrogens with one attached hydrogen (secondary N) is 1. The van der Waals surface area contributed by atoms with Crippen molar-refractivity contribution in [1.29, 1.82) is 0 Å². The van der Waals surface area contributed by atoms with Crippen LogP contribution in [0.1, 0.15) is 11.1 Å². The molecule has 1 aliphatic heterocycles. The minimum atomic E-state index is -0.234. The van der Waals surface area contributed by atoms with Crippen molar-refractivity contribution in [3.63, 3.8) is 0 Å². The van der Waals surface area contributed by atoms with E-state index in [0.717, 1.165) is 46.9 Å². The number of nitrogens with zero attached hydrogens (tertiary/aromatic N) is 2. The Morgan fingerprint density at radius 3 is 2.82 bits per heavy atom. The highest BCUT2D eigenvalue weighted by molar-refractivity contribution is 5.73. The average Bonchev–Trinajstić information content (AvgIpc) is 3.10. The quantitative estimate of drug-likeness (QED) is 0.775. The second kappa shape index (κ2) is 4.98. The van der Waals surface area contributed by atoms with Gasteiger partial charge in [-0.15, -0.1) is 0 Å². The van der Waals surface area contributed by atoms with Crippen LogP contribution in [0.2, 0.25) is 0 Å². The summed E-state index contributed by atoms with van der Waals surface area (Å²) in [5.41, 5.74) is 5.06. The van der Waals surface area contributed by atoms with Gasteiger partial charge < -0.3 is 5.32 Å². The lowest BCUT2D eigenvalue weighted by Crippen LogP contribution is -2.05. The molecule has 0 saturated heterocycles. The molecule has 0 saturated carbocycles. The van der Waals surface area contributed by atoms with Crippen LogP contribution in [0.15, 0.2) is 48.5 Å². The molecule has 3 aromatic rings. The van der Waals surface area contributed by atoms with Gasteiger partial charge in [0.15, 0.2) is 0 Å². The summed E-state index contributed by atoms with van der Waals surface area (Å²) in [4.78, 5) is 0. The first-order valence-electron chi connectivity index (χ1n) is 7.42. The Morgan fingerprint density at radius 2 is 2.00 bits per heavy atom. The zero-order valence-corrected chi connectivity index (χ0v) is 12.3. The number of benzene rings is 2. The molecule has 0 fully saturated rings. The number of anilines is 1. The normalized spacial score (nSPS) is 13.0. The fourth-order valence-electron chi connectivity index (χ4n) is 3.02. The Morgan fingerprint density at radius 1 is 1.14 bits per heavy atom. The van der Waals surface area contributed by atoms with Crippen molar-refractivity contribution in [2.75, 3.05) is 11.9 Å². The van der Waals surface area contributed by atoms with E-state index in [2.05, 4.69) is 24.4 Å².